The van der Waals surface area contributed by atoms with Gasteiger partial charge in [0.1, 0.15) is 0 Å². The molecule has 17 heavy (non-hydrogen) atoms. The Morgan fingerprint density at radius 3 is 2.53 bits per heavy atom. The van der Waals surface area contributed by atoms with E-state index in [1.54, 1.807) is 0 Å². The second kappa shape index (κ2) is 4.61. The third kappa shape index (κ3) is 2.65. The zero-order chi connectivity index (χ0) is 12.6. The van der Waals surface area contributed by atoms with Crippen molar-refractivity contribution in [2.24, 2.45) is 0 Å². The molecule has 1 aromatic heterocycles. The number of methoxy groups -OCH3 is 1. The maximum absolute atomic E-state index is 11.5. The minimum absolute atomic E-state index is 0.243. The summed E-state index contributed by atoms with van der Waals surface area (Å²) in [6, 6.07) is 8.53. The molecule has 0 atom stereocenters. The molecule has 2 nitrogen and oxygen atoms in total. The molecule has 0 saturated carbocycles. The molecule has 0 amide bonds. The molecular formula is C13H16O2SSn. The predicted octanol–water partition coefficient (Wildman–Crippen LogP) is 3.23. The van der Waals surface area contributed by atoms with E-state index in [4.69, 9.17) is 4.74 Å². The van der Waals surface area contributed by atoms with E-state index >= 15 is 0 Å². The van der Waals surface area contributed by atoms with Gasteiger partial charge in [-0.3, -0.25) is 0 Å². The van der Waals surface area contributed by atoms with Gasteiger partial charge in [0.05, 0.1) is 0 Å². The van der Waals surface area contributed by atoms with Crippen LogP contribution < -0.4 is 3.58 Å². The van der Waals surface area contributed by atoms with Crippen LogP contribution in [0.3, 0.4) is 0 Å². The van der Waals surface area contributed by atoms with E-state index in [1.165, 1.54) is 27.4 Å². The monoisotopic (exact) mass is 356 g/mol. The van der Waals surface area contributed by atoms with Crippen molar-refractivity contribution in [2.45, 2.75) is 14.8 Å². The Kier molecular flexibility index (Phi) is 3.50. The summed E-state index contributed by atoms with van der Waals surface area (Å²) in [6.45, 7) is 0. The zero-order valence-corrected chi connectivity index (χ0v) is 14.2. The van der Waals surface area contributed by atoms with Gasteiger partial charge in [-0.15, -0.1) is 0 Å². The second-order valence-electron chi connectivity index (χ2n) is 5.10. The van der Waals surface area contributed by atoms with Crippen molar-refractivity contribution in [2.75, 3.05) is 7.11 Å². The first-order valence-corrected chi connectivity index (χ1v) is 16.3. The Bertz CT molecular complexity index is 566. The molecule has 0 aliphatic heterocycles. The topological polar surface area (TPSA) is 26.3 Å². The van der Waals surface area contributed by atoms with Crippen LogP contribution in [0.1, 0.15) is 9.67 Å². The third-order valence-corrected chi connectivity index (χ3v) is 9.70. The normalized spacial score (nSPS) is 11.8. The van der Waals surface area contributed by atoms with E-state index in [9.17, 15) is 4.79 Å². The van der Waals surface area contributed by atoms with Gasteiger partial charge in [-0.2, -0.15) is 0 Å². The number of carbonyl (C=O) groups excluding carboxylic acids is 1. The van der Waals surface area contributed by atoms with Crippen molar-refractivity contribution in [3.63, 3.8) is 0 Å². The molecule has 0 aliphatic rings. The Hall–Kier alpha value is -0.551. The Labute approximate surface area is 109 Å². The van der Waals surface area contributed by atoms with Crippen LogP contribution in [0, 0.1) is 0 Å². The van der Waals surface area contributed by atoms with Crippen molar-refractivity contribution in [3.8, 4) is 0 Å². The number of hydrogen-bond acceptors (Lipinski definition) is 3. The first-order chi connectivity index (χ1) is 7.91. The Morgan fingerprint density at radius 2 is 1.94 bits per heavy atom. The van der Waals surface area contributed by atoms with Crippen LogP contribution in [0.4, 0.5) is 0 Å². The number of hydrogen-bond donors (Lipinski definition) is 0. The van der Waals surface area contributed by atoms with Gasteiger partial charge in [0, 0.05) is 0 Å². The zero-order valence-electron chi connectivity index (χ0n) is 10.5. The summed E-state index contributed by atoms with van der Waals surface area (Å²) in [5, 5.41) is 1.17. The molecule has 90 valence electrons. The van der Waals surface area contributed by atoms with Crippen LogP contribution in [0.5, 0.6) is 0 Å². The van der Waals surface area contributed by atoms with Gasteiger partial charge >= 0.3 is 110 Å². The summed E-state index contributed by atoms with van der Waals surface area (Å²) in [5.41, 5.74) is 0. The number of rotatable bonds is 2. The predicted molar refractivity (Wildman–Crippen MR) is 76.1 cm³/mol. The molecule has 0 saturated heterocycles. The van der Waals surface area contributed by atoms with Gasteiger partial charge in [0.25, 0.3) is 0 Å². The van der Waals surface area contributed by atoms with Gasteiger partial charge in [0.15, 0.2) is 0 Å². The van der Waals surface area contributed by atoms with E-state index < -0.39 is 18.4 Å². The van der Waals surface area contributed by atoms with E-state index in [-0.39, 0.29) is 5.97 Å². The SMILES string of the molecule is COC(=O)c1cc2c[c]([Sn]([CH3])([CH3])[CH3])ccc2s1. The summed E-state index contributed by atoms with van der Waals surface area (Å²) in [4.78, 5) is 19.3. The van der Waals surface area contributed by atoms with Crippen LogP contribution >= 0.6 is 11.3 Å². The van der Waals surface area contributed by atoms with Crippen molar-refractivity contribution < 1.29 is 9.53 Å². The quantitative estimate of drug-likeness (QED) is 0.611. The number of carbonyl (C=O) groups is 1. The fourth-order valence-corrected chi connectivity index (χ4v) is 6.02. The van der Waals surface area contributed by atoms with Crippen molar-refractivity contribution >= 4 is 49.3 Å². The first-order valence-electron chi connectivity index (χ1n) is 5.54. The van der Waals surface area contributed by atoms with Gasteiger partial charge in [-0.25, -0.2) is 0 Å². The van der Waals surface area contributed by atoms with Crippen molar-refractivity contribution in [1.82, 2.24) is 0 Å². The van der Waals surface area contributed by atoms with Gasteiger partial charge < -0.3 is 0 Å². The van der Waals surface area contributed by atoms with Gasteiger partial charge in [-0.05, 0) is 0 Å². The van der Waals surface area contributed by atoms with E-state index in [0.29, 0.717) is 4.88 Å². The van der Waals surface area contributed by atoms with Crippen molar-refractivity contribution in [3.05, 3.63) is 29.1 Å². The molecule has 1 aromatic carbocycles. The van der Waals surface area contributed by atoms with E-state index in [0.717, 1.165) is 4.70 Å². The molecule has 0 spiro atoms. The summed E-state index contributed by atoms with van der Waals surface area (Å²) in [7, 11) is 1.42. The molecule has 0 unspecified atom stereocenters. The summed E-state index contributed by atoms with van der Waals surface area (Å²) in [5.74, 6) is -0.243. The van der Waals surface area contributed by atoms with Crippen molar-refractivity contribution in [1.29, 1.82) is 0 Å². The van der Waals surface area contributed by atoms with Crippen LogP contribution in [-0.4, -0.2) is 31.5 Å². The van der Waals surface area contributed by atoms with Crippen LogP contribution in [0.15, 0.2) is 24.3 Å². The van der Waals surface area contributed by atoms with E-state index in [2.05, 4.69) is 33.0 Å². The summed E-state index contributed by atoms with van der Waals surface area (Å²) in [6.07, 6.45) is 0. The average Bonchev–Trinajstić information content (AvgIpc) is 2.69. The molecule has 1 heterocycles. The fourth-order valence-electron chi connectivity index (χ4n) is 1.71. The van der Waals surface area contributed by atoms with Crippen LogP contribution in [-0.2, 0) is 4.74 Å². The molecule has 4 heteroatoms. The van der Waals surface area contributed by atoms with E-state index in [1.807, 2.05) is 6.07 Å². The van der Waals surface area contributed by atoms with Crippen LogP contribution in [0.25, 0.3) is 10.1 Å². The van der Waals surface area contributed by atoms with Gasteiger partial charge in [0.2, 0.25) is 0 Å². The number of benzene rings is 1. The molecule has 2 rings (SSSR count). The molecule has 0 radical (unpaired) electrons. The standard InChI is InChI=1S/C10H7O2S.3CH3.Sn/c1-12-10(11)9-6-7-4-2-3-5-8(7)13-9;;;;/h3-6H,1H3;3*1H3;. The Morgan fingerprint density at radius 1 is 1.24 bits per heavy atom. The second-order valence-corrected chi connectivity index (χ2v) is 20.7. The average molecular weight is 355 g/mol. The maximum atomic E-state index is 11.5. The first kappa shape index (κ1) is 12.9. The fraction of sp³-hybridized carbons (Fsp3) is 0.308. The van der Waals surface area contributed by atoms with Gasteiger partial charge in [-0.1, -0.05) is 0 Å². The summed E-state index contributed by atoms with van der Waals surface area (Å²) >= 11 is -0.515. The molecule has 0 fully saturated rings. The molecule has 2 aromatic rings. The minimum atomic E-state index is -2.01. The molecule has 0 aliphatic carbocycles. The number of esters is 1. The molecular weight excluding hydrogens is 339 g/mol. The van der Waals surface area contributed by atoms with Crippen LogP contribution in [0.2, 0.25) is 14.8 Å². The number of thiophene rings is 1. The number of fused-ring (bicyclic) bond motifs is 1. The Balaban J connectivity index is 2.52. The number of ether oxygens (including phenoxy) is 1. The third-order valence-electron chi connectivity index (χ3n) is 2.77. The molecule has 0 N–H and O–H groups in total. The molecule has 0 bridgehead atoms. The summed E-state index contributed by atoms with van der Waals surface area (Å²) < 4.78 is 7.39.